The minimum absolute atomic E-state index is 0.00992. The van der Waals surface area contributed by atoms with Crippen LogP contribution in [0.4, 0.5) is 11.4 Å². The molecule has 0 heterocycles. The smallest absolute Gasteiger partial charge is 0.300 e. The summed E-state index contributed by atoms with van der Waals surface area (Å²) in [7, 11) is 0. The van der Waals surface area contributed by atoms with E-state index in [2.05, 4.69) is 17.2 Å². The van der Waals surface area contributed by atoms with Crippen LogP contribution in [0.25, 0.3) is 0 Å². The number of nitro benzene ring substituents is 1. The van der Waals surface area contributed by atoms with E-state index in [9.17, 15) is 14.9 Å². The number of hydrogen-bond donors (Lipinski definition) is 1. The molecule has 0 aliphatic heterocycles. The molecule has 2 aromatic rings. The number of benzene rings is 2. The molecular weight excluding hydrogens is 256 g/mol. The van der Waals surface area contributed by atoms with Crippen molar-refractivity contribution in [1.29, 1.82) is 0 Å². The summed E-state index contributed by atoms with van der Waals surface area (Å²) < 4.78 is 0. The first-order chi connectivity index (χ1) is 9.65. The normalized spacial score (nSPS) is 9.20. The zero-order valence-electron chi connectivity index (χ0n) is 10.4. The lowest BCUT2D eigenvalue weighted by Crippen LogP contribution is -2.08. The third kappa shape index (κ3) is 3.68. The molecule has 0 unspecified atom stereocenters. The third-order valence-electron chi connectivity index (χ3n) is 2.43. The van der Waals surface area contributed by atoms with Crippen LogP contribution in [0.5, 0.6) is 0 Å². The molecule has 0 aliphatic rings. The van der Waals surface area contributed by atoms with Gasteiger partial charge in [-0.25, -0.2) is 0 Å². The molecule has 0 radical (unpaired) electrons. The van der Waals surface area contributed by atoms with Crippen molar-refractivity contribution < 1.29 is 9.72 Å². The maximum absolute atomic E-state index is 11.6. The van der Waals surface area contributed by atoms with Gasteiger partial charge in [0.05, 0.1) is 4.92 Å². The lowest BCUT2D eigenvalue weighted by Gasteiger charge is -1.98. The summed E-state index contributed by atoms with van der Waals surface area (Å²) >= 11 is 0. The number of nitrogens with zero attached hydrogens (tertiary/aromatic N) is 1. The van der Waals surface area contributed by atoms with Crippen LogP contribution in [-0.4, -0.2) is 10.8 Å². The molecule has 0 atom stereocenters. The molecule has 98 valence electrons. The molecule has 1 N–H and O–H groups in total. The maximum Gasteiger partial charge on any atom is 0.300 e. The maximum atomic E-state index is 11.6. The summed E-state index contributed by atoms with van der Waals surface area (Å²) in [5.41, 5.74) is 1.19. The molecule has 0 saturated heterocycles. The molecule has 0 bridgehead atoms. The number of non-ortho nitro benzene ring substituents is 1. The number of rotatable bonds is 2. The van der Waals surface area contributed by atoms with Gasteiger partial charge in [0.2, 0.25) is 0 Å². The first-order valence-corrected chi connectivity index (χ1v) is 5.77. The number of carbonyl (C=O) groups is 1. The van der Waals surface area contributed by atoms with Crippen LogP contribution in [0.2, 0.25) is 0 Å². The van der Waals surface area contributed by atoms with Gasteiger partial charge in [-0.15, -0.1) is 0 Å². The highest BCUT2D eigenvalue weighted by molar-refractivity contribution is 6.04. The third-order valence-corrected chi connectivity index (χ3v) is 2.43. The highest BCUT2D eigenvalue weighted by atomic mass is 16.6. The van der Waals surface area contributed by atoms with E-state index < -0.39 is 10.8 Å². The molecule has 0 aliphatic carbocycles. The van der Waals surface area contributed by atoms with Gasteiger partial charge in [0, 0.05) is 29.3 Å². The Bertz CT molecular complexity index is 683. The zero-order valence-corrected chi connectivity index (χ0v) is 10.4. The van der Waals surface area contributed by atoms with E-state index in [0.29, 0.717) is 11.3 Å². The largest absolute Gasteiger partial charge is 0.315 e. The minimum atomic E-state index is -0.487. The fourth-order valence-electron chi connectivity index (χ4n) is 1.48. The van der Waals surface area contributed by atoms with Crippen molar-refractivity contribution in [3.63, 3.8) is 0 Å². The summed E-state index contributed by atoms with van der Waals surface area (Å²) in [4.78, 5) is 21.6. The van der Waals surface area contributed by atoms with Crippen molar-refractivity contribution in [3.8, 4) is 11.8 Å². The van der Waals surface area contributed by atoms with Gasteiger partial charge in [-0.1, -0.05) is 24.1 Å². The summed E-state index contributed by atoms with van der Waals surface area (Å²) in [5, 5.41) is 13.1. The van der Waals surface area contributed by atoms with E-state index in [1.54, 1.807) is 24.3 Å². The van der Waals surface area contributed by atoms with E-state index in [1.165, 1.54) is 24.3 Å². The van der Waals surface area contributed by atoms with Crippen LogP contribution < -0.4 is 5.32 Å². The zero-order chi connectivity index (χ0) is 14.4. The fourth-order valence-corrected chi connectivity index (χ4v) is 1.48. The summed E-state index contributed by atoms with van der Waals surface area (Å²) in [6, 6.07) is 14.7. The Balaban J connectivity index is 2.03. The Morgan fingerprint density at radius 2 is 1.70 bits per heavy atom. The molecule has 5 nitrogen and oxygen atoms in total. The molecule has 2 aromatic carbocycles. The second-order valence-corrected chi connectivity index (χ2v) is 3.87. The van der Waals surface area contributed by atoms with Crippen molar-refractivity contribution in [2.75, 3.05) is 5.32 Å². The average molecular weight is 266 g/mol. The predicted molar refractivity (Wildman–Crippen MR) is 75.0 cm³/mol. The first kappa shape index (κ1) is 13.3. The Morgan fingerprint density at radius 3 is 2.30 bits per heavy atom. The van der Waals surface area contributed by atoms with Crippen molar-refractivity contribution in [2.45, 2.75) is 0 Å². The fraction of sp³-hybridized carbons (Fsp3) is 0. The van der Waals surface area contributed by atoms with E-state index in [4.69, 9.17) is 0 Å². The Kier molecular flexibility index (Phi) is 4.10. The monoisotopic (exact) mass is 266 g/mol. The van der Waals surface area contributed by atoms with E-state index in [1.807, 2.05) is 6.07 Å². The van der Waals surface area contributed by atoms with Crippen molar-refractivity contribution >= 4 is 17.3 Å². The SMILES string of the molecule is O=C(C#Cc1ccc([N+](=O)[O-])cc1)Nc1ccccc1. The van der Waals surface area contributed by atoms with Crippen LogP contribution in [0.15, 0.2) is 54.6 Å². The van der Waals surface area contributed by atoms with Gasteiger partial charge in [-0.3, -0.25) is 14.9 Å². The highest BCUT2D eigenvalue weighted by Crippen LogP contribution is 2.11. The molecule has 0 fully saturated rings. The van der Waals surface area contributed by atoms with Gasteiger partial charge in [-0.05, 0) is 24.3 Å². The van der Waals surface area contributed by atoms with Gasteiger partial charge in [-0.2, -0.15) is 0 Å². The number of para-hydroxylation sites is 1. The molecule has 5 heteroatoms. The quantitative estimate of drug-likeness (QED) is 0.516. The molecule has 0 saturated carbocycles. The Hall–Kier alpha value is -3.13. The van der Waals surface area contributed by atoms with E-state index in [-0.39, 0.29) is 5.69 Å². The standard InChI is InChI=1S/C15H10N2O3/c18-15(16-13-4-2-1-3-5-13)11-8-12-6-9-14(10-7-12)17(19)20/h1-7,9-10H,(H,16,18). The van der Waals surface area contributed by atoms with Crippen LogP contribution in [0.3, 0.4) is 0 Å². The minimum Gasteiger partial charge on any atom is -0.315 e. The molecular formula is C15H10N2O3. The predicted octanol–water partition coefficient (Wildman–Crippen LogP) is 2.59. The Labute approximate surface area is 115 Å². The van der Waals surface area contributed by atoms with Gasteiger partial charge in [0.15, 0.2) is 0 Å². The lowest BCUT2D eigenvalue weighted by atomic mass is 10.2. The van der Waals surface area contributed by atoms with Gasteiger partial charge < -0.3 is 5.32 Å². The first-order valence-electron chi connectivity index (χ1n) is 5.77. The summed E-state index contributed by atoms with van der Waals surface area (Å²) in [5.74, 6) is 4.64. The van der Waals surface area contributed by atoms with Crippen molar-refractivity contribution in [1.82, 2.24) is 0 Å². The van der Waals surface area contributed by atoms with Crippen molar-refractivity contribution in [3.05, 3.63) is 70.3 Å². The van der Waals surface area contributed by atoms with Crippen LogP contribution in [0.1, 0.15) is 5.56 Å². The van der Waals surface area contributed by atoms with Gasteiger partial charge in [0.1, 0.15) is 0 Å². The van der Waals surface area contributed by atoms with Gasteiger partial charge in [0.25, 0.3) is 5.69 Å². The van der Waals surface area contributed by atoms with Crippen LogP contribution in [-0.2, 0) is 4.79 Å². The average Bonchev–Trinajstić information content (AvgIpc) is 2.46. The molecule has 0 spiro atoms. The number of nitrogens with one attached hydrogen (secondary N) is 1. The van der Waals surface area contributed by atoms with Crippen molar-refractivity contribution in [2.24, 2.45) is 0 Å². The number of amides is 1. The summed E-state index contributed by atoms with van der Waals surface area (Å²) in [6.07, 6.45) is 0. The Morgan fingerprint density at radius 1 is 1.05 bits per heavy atom. The molecule has 0 aromatic heterocycles. The van der Waals surface area contributed by atoms with Crippen LogP contribution >= 0.6 is 0 Å². The lowest BCUT2D eigenvalue weighted by molar-refractivity contribution is -0.384. The summed E-state index contributed by atoms with van der Waals surface area (Å²) in [6.45, 7) is 0. The molecule has 1 amide bonds. The van der Waals surface area contributed by atoms with E-state index in [0.717, 1.165) is 0 Å². The van der Waals surface area contributed by atoms with E-state index >= 15 is 0 Å². The van der Waals surface area contributed by atoms with Crippen LogP contribution in [0, 0.1) is 22.0 Å². The number of anilines is 1. The van der Waals surface area contributed by atoms with Gasteiger partial charge >= 0.3 is 5.91 Å². The second kappa shape index (κ2) is 6.16. The number of nitro groups is 1. The topological polar surface area (TPSA) is 72.2 Å². The second-order valence-electron chi connectivity index (χ2n) is 3.87. The number of hydrogen-bond acceptors (Lipinski definition) is 3. The highest BCUT2D eigenvalue weighted by Gasteiger charge is 2.02. The molecule has 2 rings (SSSR count). The molecule has 20 heavy (non-hydrogen) atoms. The number of carbonyl (C=O) groups excluding carboxylic acids is 1.